The molecule has 2 heteroatoms. The maximum Gasteiger partial charge on any atom is 0.150 e. The van der Waals surface area contributed by atoms with Gasteiger partial charge in [-0.2, -0.15) is 0 Å². The zero-order valence-electron chi connectivity index (χ0n) is 10.2. The average molecular weight is 211 g/mol. The van der Waals surface area contributed by atoms with Crippen LogP contribution in [0.1, 0.15) is 58.8 Å². The number of carbonyl (C=O) groups excluding carboxylic acids is 1. The van der Waals surface area contributed by atoms with Gasteiger partial charge in [0.2, 0.25) is 0 Å². The summed E-state index contributed by atoms with van der Waals surface area (Å²) in [6, 6.07) is 0.159. The molecule has 1 heterocycles. The van der Waals surface area contributed by atoms with E-state index >= 15 is 0 Å². The van der Waals surface area contributed by atoms with Gasteiger partial charge in [0.15, 0.2) is 0 Å². The first-order valence-electron chi connectivity index (χ1n) is 6.50. The van der Waals surface area contributed by atoms with Crippen LogP contribution in [0.4, 0.5) is 0 Å². The Hall–Kier alpha value is -0.370. The van der Waals surface area contributed by atoms with Crippen LogP contribution in [0.25, 0.3) is 0 Å². The number of nitrogens with one attached hydrogen (secondary N) is 1. The molecule has 2 nitrogen and oxygen atoms in total. The topological polar surface area (TPSA) is 29.1 Å². The molecule has 0 spiro atoms. The third-order valence-corrected chi connectivity index (χ3v) is 3.28. The van der Waals surface area contributed by atoms with E-state index < -0.39 is 0 Å². The van der Waals surface area contributed by atoms with Gasteiger partial charge in [0.05, 0.1) is 6.04 Å². The minimum absolute atomic E-state index is 0.159. The standard InChI is InChI=1S/C13H25NO/c1-3-7-11(2)10-13(15)12-8-5-4-6-9-14-12/h11-12,14H,3-10H2,1-2H3. The maximum absolute atomic E-state index is 12.0. The van der Waals surface area contributed by atoms with Crippen molar-refractivity contribution >= 4 is 5.78 Å². The first-order chi connectivity index (χ1) is 7.24. The summed E-state index contributed by atoms with van der Waals surface area (Å²) in [5.74, 6) is 1.01. The first-order valence-corrected chi connectivity index (χ1v) is 6.50. The van der Waals surface area contributed by atoms with Crippen LogP contribution in [0.5, 0.6) is 0 Å². The van der Waals surface area contributed by atoms with Crippen LogP contribution in [-0.2, 0) is 4.79 Å². The minimum atomic E-state index is 0.159. The number of rotatable bonds is 5. The van der Waals surface area contributed by atoms with Gasteiger partial charge in [0.25, 0.3) is 0 Å². The lowest BCUT2D eigenvalue weighted by atomic mass is 9.94. The zero-order chi connectivity index (χ0) is 11.1. The van der Waals surface area contributed by atoms with Crippen molar-refractivity contribution in [3.05, 3.63) is 0 Å². The van der Waals surface area contributed by atoms with Crippen molar-refractivity contribution in [1.82, 2.24) is 5.32 Å². The molecule has 1 N–H and O–H groups in total. The van der Waals surface area contributed by atoms with Crippen molar-refractivity contribution in [2.75, 3.05) is 6.54 Å². The van der Waals surface area contributed by atoms with E-state index in [0.29, 0.717) is 11.7 Å². The van der Waals surface area contributed by atoms with E-state index in [2.05, 4.69) is 19.2 Å². The van der Waals surface area contributed by atoms with Crippen molar-refractivity contribution in [2.45, 2.75) is 64.8 Å². The highest BCUT2D eigenvalue weighted by Crippen LogP contribution is 2.15. The number of hydrogen-bond donors (Lipinski definition) is 1. The highest BCUT2D eigenvalue weighted by Gasteiger charge is 2.20. The summed E-state index contributed by atoms with van der Waals surface area (Å²) in [6.07, 6.45) is 7.91. The molecule has 0 saturated carbocycles. The second kappa shape index (κ2) is 7.00. The molecule has 1 rings (SSSR count). The van der Waals surface area contributed by atoms with E-state index in [1.165, 1.54) is 32.1 Å². The van der Waals surface area contributed by atoms with Crippen LogP contribution in [0.2, 0.25) is 0 Å². The molecule has 1 saturated heterocycles. The van der Waals surface area contributed by atoms with Gasteiger partial charge in [-0.25, -0.2) is 0 Å². The minimum Gasteiger partial charge on any atom is -0.307 e. The highest BCUT2D eigenvalue weighted by atomic mass is 16.1. The van der Waals surface area contributed by atoms with Crippen molar-refractivity contribution < 1.29 is 4.79 Å². The van der Waals surface area contributed by atoms with E-state index in [-0.39, 0.29) is 6.04 Å². The van der Waals surface area contributed by atoms with E-state index in [1.54, 1.807) is 0 Å². The lowest BCUT2D eigenvalue weighted by Crippen LogP contribution is -2.36. The third-order valence-electron chi connectivity index (χ3n) is 3.28. The predicted molar refractivity (Wildman–Crippen MR) is 64.0 cm³/mol. The van der Waals surface area contributed by atoms with Gasteiger partial charge in [-0.05, 0) is 25.3 Å². The molecule has 0 amide bonds. The number of hydrogen-bond acceptors (Lipinski definition) is 2. The van der Waals surface area contributed by atoms with Gasteiger partial charge < -0.3 is 5.32 Å². The summed E-state index contributed by atoms with van der Waals surface area (Å²) in [4.78, 5) is 12.0. The molecule has 2 atom stereocenters. The fraction of sp³-hybridized carbons (Fsp3) is 0.923. The van der Waals surface area contributed by atoms with Gasteiger partial charge >= 0.3 is 0 Å². The molecular formula is C13H25NO. The van der Waals surface area contributed by atoms with Crippen LogP contribution < -0.4 is 5.32 Å². The normalized spacial score (nSPS) is 24.5. The van der Waals surface area contributed by atoms with Crippen LogP contribution in [-0.4, -0.2) is 18.4 Å². The summed E-state index contributed by atoms with van der Waals surface area (Å²) >= 11 is 0. The Kier molecular flexibility index (Phi) is 5.92. The van der Waals surface area contributed by atoms with Gasteiger partial charge in [-0.15, -0.1) is 0 Å². The van der Waals surface area contributed by atoms with E-state index in [9.17, 15) is 4.79 Å². The molecule has 0 bridgehead atoms. The largest absolute Gasteiger partial charge is 0.307 e. The van der Waals surface area contributed by atoms with Crippen molar-refractivity contribution in [3.63, 3.8) is 0 Å². The molecular weight excluding hydrogens is 186 g/mol. The maximum atomic E-state index is 12.0. The van der Waals surface area contributed by atoms with E-state index in [0.717, 1.165) is 19.4 Å². The molecule has 15 heavy (non-hydrogen) atoms. The fourth-order valence-corrected chi connectivity index (χ4v) is 2.38. The Bertz CT molecular complexity index is 183. The Labute approximate surface area is 93.8 Å². The molecule has 2 unspecified atom stereocenters. The zero-order valence-corrected chi connectivity index (χ0v) is 10.2. The second-order valence-corrected chi connectivity index (χ2v) is 4.92. The summed E-state index contributed by atoms with van der Waals surface area (Å²) in [5, 5.41) is 3.38. The average Bonchev–Trinajstić information content (AvgIpc) is 2.45. The smallest absolute Gasteiger partial charge is 0.150 e. The Morgan fingerprint density at radius 2 is 2.20 bits per heavy atom. The molecule has 0 radical (unpaired) electrons. The summed E-state index contributed by atoms with van der Waals surface area (Å²) in [5.41, 5.74) is 0. The van der Waals surface area contributed by atoms with Crippen LogP contribution in [0.15, 0.2) is 0 Å². The Morgan fingerprint density at radius 1 is 1.40 bits per heavy atom. The molecule has 0 aromatic carbocycles. The monoisotopic (exact) mass is 211 g/mol. The van der Waals surface area contributed by atoms with Crippen molar-refractivity contribution in [1.29, 1.82) is 0 Å². The second-order valence-electron chi connectivity index (χ2n) is 4.92. The van der Waals surface area contributed by atoms with Gasteiger partial charge in [-0.1, -0.05) is 39.5 Å². The number of carbonyl (C=O) groups is 1. The summed E-state index contributed by atoms with van der Waals surface area (Å²) in [6.45, 7) is 5.40. The lowest BCUT2D eigenvalue weighted by molar-refractivity contribution is -0.122. The van der Waals surface area contributed by atoms with E-state index in [1.807, 2.05) is 0 Å². The van der Waals surface area contributed by atoms with Gasteiger partial charge in [0.1, 0.15) is 5.78 Å². The molecule has 1 aliphatic heterocycles. The number of Topliss-reactive ketones (excluding diaryl/α,β-unsaturated/α-hetero) is 1. The van der Waals surface area contributed by atoms with Crippen LogP contribution in [0, 0.1) is 5.92 Å². The van der Waals surface area contributed by atoms with Gasteiger partial charge in [-0.3, -0.25) is 4.79 Å². The third kappa shape index (κ3) is 4.78. The molecule has 1 fully saturated rings. The lowest BCUT2D eigenvalue weighted by Gasteiger charge is -2.17. The molecule has 0 aromatic heterocycles. The Balaban J connectivity index is 2.30. The quantitative estimate of drug-likeness (QED) is 0.757. The predicted octanol–water partition coefficient (Wildman–Crippen LogP) is 2.91. The first kappa shape index (κ1) is 12.7. The molecule has 1 aliphatic rings. The number of ketones is 1. The summed E-state index contributed by atoms with van der Waals surface area (Å²) in [7, 11) is 0. The molecule has 0 aromatic rings. The Morgan fingerprint density at radius 3 is 2.93 bits per heavy atom. The van der Waals surface area contributed by atoms with Crippen LogP contribution >= 0.6 is 0 Å². The van der Waals surface area contributed by atoms with Crippen molar-refractivity contribution in [2.24, 2.45) is 5.92 Å². The van der Waals surface area contributed by atoms with Crippen molar-refractivity contribution in [3.8, 4) is 0 Å². The summed E-state index contributed by atoms with van der Waals surface area (Å²) < 4.78 is 0. The molecule has 0 aliphatic carbocycles. The van der Waals surface area contributed by atoms with Crippen LogP contribution in [0.3, 0.4) is 0 Å². The fourth-order valence-electron chi connectivity index (χ4n) is 2.38. The highest BCUT2D eigenvalue weighted by molar-refractivity contribution is 5.84. The van der Waals surface area contributed by atoms with Gasteiger partial charge in [0, 0.05) is 6.42 Å². The molecule has 88 valence electrons. The van der Waals surface area contributed by atoms with E-state index in [4.69, 9.17) is 0 Å². The SMILES string of the molecule is CCCC(C)CC(=O)C1CCCCCN1.